The van der Waals surface area contributed by atoms with Crippen LogP contribution in [0.4, 0.5) is 8.78 Å². The molecule has 8 heteroatoms. The minimum absolute atomic E-state index is 0.0722. The van der Waals surface area contributed by atoms with E-state index in [4.69, 9.17) is 10.5 Å². The average Bonchev–Trinajstić information content (AvgIpc) is 3.15. The van der Waals surface area contributed by atoms with Gasteiger partial charge in [0, 0.05) is 30.7 Å². The van der Waals surface area contributed by atoms with Gasteiger partial charge >= 0.3 is 0 Å². The van der Waals surface area contributed by atoms with Gasteiger partial charge in [-0.3, -0.25) is 4.90 Å². The number of halogens is 2. The summed E-state index contributed by atoms with van der Waals surface area (Å²) in [4.78, 5) is 6.93. The highest BCUT2D eigenvalue weighted by Crippen LogP contribution is 2.34. The number of benzene rings is 1. The maximum absolute atomic E-state index is 14.1. The summed E-state index contributed by atoms with van der Waals surface area (Å²) in [6, 6.07) is 3.01. The van der Waals surface area contributed by atoms with E-state index in [-0.39, 0.29) is 11.6 Å². The second kappa shape index (κ2) is 7.43. The van der Waals surface area contributed by atoms with Gasteiger partial charge in [-0.05, 0) is 45.4 Å². The van der Waals surface area contributed by atoms with Crippen LogP contribution in [0, 0.1) is 18.6 Å². The predicted octanol–water partition coefficient (Wildman–Crippen LogP) is 2.41. The van der Waals surface area contributed by atoms with Crippen LogP contribution in [0.25, 0.3) is 0 Å². The van der Waals surface area contributed by atoms with Crippen LogP contribution in [-0.2, 0) is 24.4 Å². The van der Waals surface area contributed by atoms with Crippen LogP contribution in [0.15, 0.2) is 18.2 Å². The molecule has 2 aliphatic rings. The van der Waals surface area contributed by atoms with Crippen LogP contribution in [-0.4, -0.2) is 43.8 Å². The van der Waals surface area contributed by atoms with Crippen molar-refractivity contribution in [2.45, 2.75) is 70.6 Å². The van der Waals surface area contributed by atoms with Crippen molar-refractivity contribution in [3.8, 4) is 0 Å². The molecular formula is C21H28F2N4O2. The van der Waals surface area contributed by atoms with Crippen molar-refractivity contribution >= 4 is 0 Å². The third kappa shape index (κ3) is 4.07. The Balaban J connectivity index is 1.46. The Morgan fingerprint density at radius 1 is 1.31 bits per heavy atom. The van der Waals surface area contributed by atoms with Gasteiger partial charge in [0.2, 0.25) is 0 Å². The first-order valence-electron chi connectivity index (χ1n) is 9.96. The number of aliphatic hydroxyl groups is 1. The summed E-state index contributed by atoms with van der Waals surface area (Å²) in [6.45, 7) is 7.78. The maximum atomic E-state index is 14.1. The topological polar surface area (TPSA) is 76.5 Å². The molecule has 1 unspecified atom stereocenters. The van der Waals surface area contributed by atoms with Gasteiger partial charge in [0.1, 0.15) is 23.6 Å². The van der Waals surface area contributed by atoms with Crippen molar-refractivity contribution in [3.63, 3.8) is 0 Å². The molecule has 4 rings (SSSR count). The highest BCUT2D eigenvalue weighted by atomic mass is 19.1. The lowest BCUT2D eigenvalue weighted by atomic mass is 9.93. The zero-order valence-electron chi connectivity index (χ0n) is 17.0. The zero-order valence-corrected chi connectivity index (χ0v) is 17.0. The van der Waals surface area contributed by atoms with E-state index >= 15 is 0 Å². The van der Waals surface area contributed by atoms with Crippen LogP contribution in [0.1, 0.15) is 49.1 Å². The third-order valence-electron chi connectivity index (χ3n) is 5.78. The molecule has 1 fully saturated rings. The summed E-state index contributed by atoms with van der Waals surface area (Å²) in [5.74, 6) is -0.103. The largest absolute Gasteiger partial charge is 0.389 e. The molecule has 1 aromatic heterocycles. The Morgan fingerprint density at radius 3 is 2.76 bits per heavy atom. The molecular weight excluding hydrogens is 378 g/mol. The summed E-state index contributed by atoms with van der Waals surface area (Å²) in [5, 5.41) is 10.2. The molecule has 3 atom stereocenters. The van der Waals surface area contributed by atoms with Crippen molar-refractivity contribution in [2.75, 3.05) is 6.61 Å². The number of fused-ring (bicyclic) bond motifs is 1. The van der Waals surface area contributed by atoms with Gasteiger partial charge in [0.05, 0.1) is 30.1 Å². The lowest BCUT2D eigenvalue weighted by molar-refractivity contribution is -0.0536. The molecule has 1 aromatic carbocycles. The molecule has 158 valence electrons. The molecule has 3 heterocycles. The molecule has 1 saturated heterocycles. The minimum Gasteiger partial charge on any atom is -0.389 e. The number of aromatic nitrogens is 2. The van der Waals surface area contributed by atoms with E-state index in [1.807, 2.05) is 6.92 Å². The molecule has 6 nitrogen and oxygen atoms in total. The molecule has 29 heavy (non-hydrogen) atoms. The number of rotatable bonds is 4. The van der Waals surface area contributed by atoms with E-state index in [1.54, 1.807) is 13.8 Å². The minimum atomic E-state index is -0.828. The number of aryl methyl sites for hydroxylation is 1. The van der Waals surface area contributed by atoms with E-state index in [9.17, 15) is 13.9 Å². The molecule has 2 aliphatic heterocycles. The van der Waals surface area contributed by atoms with E-state index in [0.717, 1.165) is 35.4 Å². The van der Waals surface area contributed by atoms with Crippen molar-refractivity contribution in [3.05, 3.63) is 52.6 Å². The SMILES string of the molecule is Cc1nc2c(n1CC(C)(C)O)CN(C1CO[C@H](c3cc(F)ccc3F)[C@@H](N)C1)C2. The van der Waals surface area contributed by atoms with Crippen molar-refractivity contribution < 1.29 is 18.6 Å². The summed E-state index contributed by atoms with van der Waals surface area (Å²) in [7, 11) is 0. The third-order valence-corrected chi connectivity index (χ3v) is 5.78. The normalized spacial score (nSPS) is 25.4. The smallest absolute Gasteiger partial charge is 0.129 e. The number of nitrogens with two attached hydrogens (primary N) is 1. The van der Waals surface area contributed by atoms with Gasteiger partial charge in [-0.2, -0.15) is 0 Å². The number of hydrogen-bond acceptors (Lipinski definition) is 5. The fourth-order valence-corrected chi connectivity index (χ4v) is 4.42. The lowest BCUT2D eigenvalue weighted by Crippen LogP contribution is -2.48. The Bertz CT molecular complexity index is 909. The fourth-order valence-electron chi connectivity index (χ4n) is 4.42. The average molecular weight is 406 g/mol. The van der Waals surface area contributed by atoms with Crippen molar-refractivity contribution in [1.82, 2.24) is 14.5 Å². The fraction of sp³-hybridized carbons (Fsp3) is 0.571. The number of hydrogen-bond donors (Lipinski definition) is 2. The standard InChI is InChI=1S/C21H28F2N4O2/c1-12-25-18-8-26(9-19(18)27(12)11-21(2,3)28)14-7-17(24)20(29-10-14)15-6-13(22)4-5-16(15)23/h4-6,14,17,20,28H,7-11,24H2,1-3H3/t14?,17-,20+/m0/s1. The lowest BCUT2D eigenvalue weighted by Gasteiger charge is -2.38. The molecule has 0 spiro atoms. The van der Waals surface area contributed by atoms with Gasteiger partial charge in [0.25, 0.3) is 0 Å². The Labute approximate surface area is 169 Å². The maximum Gasteiger partial charge on any atom is 0.129 e. The molecule has 0 bridgehead atoms. The zero-order chi connectivity index (χ0) is 20.9. The van der Waals surface area contributed by atoms with Crippen LogP contribution >= 0.6 is 0 Å². The predicted molar refractivity (Wildman–Crippen MR) is 104 cm³/mol. The highest BCUT2D eigenvalue weighted by Gasteiger charge is 2.38. The first kappa shape index (κ1) is 20.4. The number of imidazole rings is 1. The molecule has 0 aliphatic carbocycles. The summed E-state index contributed by atoms with van der Waals surface area (Å²) >= 11 is 0. The van der Waals surface area contributed by atoms with Crippen LogP contribution in [0.3, 0.4) is 0 Å². The van der Waals surface area contributed by atoms with Gasteiger partial charge < -0.3 is 20.1 Å². The molecule has 3 N–H and O–H groups in total. The van der Waals surface area contributed by atoms with Crippen molar-refractivity contribution in [1.29, 1.82) is 0 Å². The first-order valence-corrected chi connectivity index (χ1v) is 9.96. The second-order valence-corrected chi connectivity index (χ2v) is 8.83. The molecule has 0 amide bonds. The number of nitrogens with zero attached hydrogens (tertiary/aromatic N) is 3. The highest BCUT2D eigenvalue weighted by molar-refractivity contribution is 5.25. The molecule has 0 radical (unpaired) electrons. The number of ether oxygens (including phenoxy) is 1. The van der Waals surface area contributed by atoms with Crippen LogP contribution in [0.2, 0.25) is 0 Å². The quantitative estimate of drug-likeness (QED) is 0.816. The van der Waals surface area contributed by atoms with E-state index in [2.05, 4.69) is 14.5 Å². The monoisotopic (exact) mass is 406 g/mol. The van der Waals surface area contributed by atoms with Gasteiger partial charge in [-0.25, -0.2) is 13.8 Å². The summed E-state index contributed by atoms with van der Waals surface area (Å²) in [5.41, 5.74) is 7.78. The summed E-state index contributed by atoms with van der Waals surface area (Å²) in [6.07, 6.45) is -0.0358. The Hall–Kier alpha value is -1.87. The Kier molecular flexibility index (Phi) is 5.23. The van der Waals surface area contributed by atoms with E-state index in [0.29, 0.717) is 32.7 Å². The van der Waals surface area contributed by atoms with Gasteiger partial charge in [0.15, 0.2) is 0 Å². The summed E-state index contributed by atoms with van der Waals surface area (Å²) < 4.78 is 35.7. The van der Waals surface area contributed by atoms with E-state index in [1.165, 1.54) is 0 Å². The van der Waals surface area contributed by atoms with E-state index < -0.39 is 29.4 Å². The van der Waals surface area contributed by atoms with Crippen molar-refractivity contribution in [2.24, 2.45) is 5.73 Å². The van der Waals surface area contributed by atoms with Gasteiger partial charge in [-0.15, -0.1) is 0 Å². The van der Waals surface area contributed by atoms with Crippen LogP contribution in [0.5, 0.6) is 0 Å². The molecule has 0 saturated carbocycles. The Morgan fingerprint density at radius 2 is 2.07 bits per heavy atom. The first-order chi connectivity index (χ1) is 13.6. The molecule has 2 aromatic rings. The van der Waals surface area contributed by atoms with Crippen LogP contribution < -0.4 is 5.73 Å². The van der Waals surface area contributed by atoms with Gasteiger partial charge in [-0.1, -0.05) is 0 Å². The second-order valence-electron chi connectivity index (χ2n) is 8.83.